The van der Waals surface area contributed by atoms with E-state index in [9.17, 15) is 9.18 Å². The van der Waals surface area contributed by atoms with E-state index in [1.165, 1.54) is 12.1 Å². The average Bonchev–Trinajstić information content (AvgIpc) is 3.20. The Morgan fingerprint density at radius 2 is 1.67 bits per heavy atom. The molecule has 1 N–H and O–H groups in total. The number of H-pyrrole nitrogens is 1. The van der Waals surface area contributed by atoms with Crippen molar-refractivity contribution in [3.63, 3.8) is 0 Å². The number of hydrogen-bond donors (Lipinski definition) is 1. The summed E-state index contributed by atoms with van der Waals surface area (Å²) in [5, 5.41) is 4.83. The number of nitrogens with zero attached hydrogens (tertiary/aromatic N) is 5. The maximum Gasteiger partial charge on any atom is 0.262 e. The highest BCUT2D eigenvalue weighted by Gasteiger charge is 2.19. The number of aromatic amines is 1. The van der Waals surface area contributed by atoms with Gasteiger partial charge in [-0.25, -0.2) is 14.1 Å². The highest BCUT2D eigenvalue weighted by atomic mass is 19.1. The van der Waals surface area contributed by atoms with Crippen LogP contribution in [0.1, 0.15) is 5.82 Å². The summed E-state index contributed by atoms with van der Waals surface area (Å²) in [7, 11) is 0. The van der Waals surface area contributed by atoms with Gasteiger partial charge in [-0.05, 0) is 36.4 Å². The number of anilines is 1. The number of piperazine rings is 1. The molecular formula is C22H21FN6O. The normalized spacial score (nSPS) is 15.0. The van der Waals surface area contributed by atoms with Gasteiger partial charge in [0.05, 0.1) is 18.4 Å². The van der Waals surface area contributed by atoms with Crippen LogP contribution < -0.4 is 10.5 Å². The molecule has 152 valence electrons. The summed E-state index contributed by atoms with van der Waals surface area (Å²) in [4.78, 5) is 24.6. The van der Waals surface area contributed by atoms with Gasteiger partial charge in [0.1, 0.15) is 17.0 Å². The van der Waals surface area contributed by atoms with Crippen molar-refractivity contribution in [1.29, 1.82) is 0 Å². The molecule has 30 heavy (non-hydrogen) atoms. The van der Waals surface area contributed by atoms with Gasteiger partial charge in [-0.1, -0.05) is 18.2 Å². The van der Waals surface area contributed by atoms with Crippen LogP contribution in [-0.2, 0) is 6.54 Å². The maximum absolute atomic E-state index is 13.1. The molecule has 0 aliphatic carbocycles. The minimum absolute atomic E-state index is 0.179. The third-order valence-electron chi connectivity index (χ3n) is 5.43. The number of para-hydroxylation sites is 1. The molecule has 0 saturated carbocycles. The Morgan fingerprint density at radius 1 is 0.933 bits per heavy atom. The first-order chi connectivity index (χ1) is 14.7. The second-order valence-electron chi connectivity index (χ2n) is 7.38. The Bertz CT molecular complexity index is 1210. The highest BCUT2D eigenvalue weighted by molar-refractivity contribution is 5.75. The van der Waals surface area contributed by atoms with E-state index >= 15 is 0 Å². The lowest BCUT2D eigenvalue weighted by Gasteiger charge is -2.35. The molecule has 0 unspecified atom stereocenters. The van der Waals surface area contributed by atoms with E-state index in [0.29, 0.717) is 23.4 Å². The van der Waals surface area contributed by atoms with E-state index < -0.39 is 0 Å². The molecule has 2 aromatic heterocycles. The van der Waals surface area contributed by atoms with Crippen LogP contribution in [0.15, 0.2) is 65.6 Å². The van der Waals surface area contributed by atoms with Crippen LogP contribution in [0.3, 0.4) is 0 Å². The van der Waals surface area contributed by atoms with Crippen LogP contribution in [0, 0.1) is 5.82 Å². The molecule has 7 nitrogen and oxygen atoms in total. The predicted octanol–water partition coefficient (Wildman–Crippen LogP) is 2.57. The molecule has 1 aliphatic rings. The quantitative estimate of drug-likeness (QED) is 0.566. The van der Waals surface area contributed by atoms with Crippen molar-refractivity contribution in [1.82, 2.24) is 24.6 Å². The van der Waals surface area contributed by atoms with Crippen molar-refractivity contribution in [2.75, 3.05) is 31.1 Å². The monoisotopic (exact) mass is 404 g/mol. The zero-order chi connectivity index (χ0) is 20.5. The number of nitrogens with one attached hydrogen (secondary N) is 1. The predicted molar refractivity (Wildman–Crippen MR) is 113 cm³/mol. The van der Waals surface area contributed by atoms with Crippen LogP contribution in [0.25, 0.3) is 16.7 Å². The summed E-state index contributed by atoms with van der Waals surface area (Å²) in [5.74, 6) is 0.401. The number of hydrogen-bond acceptors (Lipinski definition) is 5. The lowest BCUT2D eigenvalue weighted by atomic mass is 10.2. The molecule has 5 rings (SSSR count). The Hall–Kier alpha value is -3.52. The van der Waals surface area contributed by atoms with Gasteiger partial charge in [0, 0.05) is 31.9 Å². The summed E-state index contributed by atoms with van der Waals surface area (Å²) < 4.78 is 14.8. The van der Waals surface area contributed by atoms with Crippen LogP contribution in [0.2, 0.25) is 0 Å². The van der Waals surface area contributed by atoms with Gasteiger partial charge in [0.15, 0.2) is 5.65 Å². The van der Waals surface area contributed by atoms with Gasteiger partial charge in [-0.15, -0.1) is 0 Å². The van der Waals surface area contributed by atoms with E-state index in [-0.39, 0.29) is 11.4 Å². The Morgan fingerprint density at radius 3 is 2.40 bits per heavy atom. The number of fused-ring (bicyclic) bond motifs is 1. The first-order valence-electron chi connectivity index (χ1n) is 9.92. The molecule has 0 bridgehead atoms. The lowest BCUT2D eigenvalue weighted by molar-refractivity contribution is 0.244. The van der Waals surface area contributed by atoms with Crippen LogP contribution >= 0.6 is 0 Å². The Labute approximate surface area is 172 Å². The molecule has 1 saturated heterocycles. The van der Waals surface area contributed by atoms with Crippen LogP contribution in [0.5, 0.6) is 0 Å². The summed E-state index contributed by atoms with van der Waals surface area (Å²) in [5.41, 5.74) is 2.27. The summed E-state index contributed by atoms with van der Waals surface area (Å²) in [6, 6.07) is 16.3. The van der Waals surface area contributed by atoms with E-state index in [4.69, 9.17) is 4.98 Å². The molecule has 8 heteroatoms. The molecule has 0 radical (unpaired) electrons. The van der Waals surface area contributed by atoms with Crippen molar-refractivity contribution in [2.45, 2.75) is 6.54 Å². The van der Waals surface area contributed by atoms with Crippen LogP contribution in [0.4, 0.5) is 10.1 Å². The first-order valence-corrected chi connectivity index (χ1v) is 9.92. The van der Waals surface area contributed by atoms with E-state index in [1.807, 2.05) is 42.5 Å². The molecule has 0 amide bonds. The van der Waals surface area contributed by atoms with Gasteiger partial charge in [0.25, 0.3) is 5.56 Å². The van der Waals surface area contributed by atoms with Crippen molar-refractivity contribution in [3.8, 4) is 5.69 Å². The molecule has 2 aromatic carbocycles. The van der Waals surface area contributed by atoms with E-state index in [1.54, 1.807) is 10.9 Å². The lowest BCUT2D eigenvalue weighted by Crippen LogP contribution is -2.46. The second kappa shape index (κ2) is 7.72. The van der Waals surface area contributed by atoms with Crippen molar-refractivity contribution in [2.24, 2.45) is 0 Å². The third kappa shape index (κ3) is 3.57. The highest BCUT2D eigenvalue weighted by Crippen LogP contribution is 2.18. The van der Waals surface area contributed by atoms with Crippen molar-refractivity contribution >= 4 is 16.7 Å². The fraction of sp³-hybridized carbons (Fsp3) is 0.227. The van der Waals surface area contributed by atoms with Gasteiger partial charge >= 0.3 is 0 Å². The smallest absolute Gasteiger partial charge is 0.262 e. The molecule has 0 atom stereocenters. The Balaban J connectivity index is 1.34. The molecule has 1 fully saturated rings. The maximum atomic E-state index is 13.1. The van der Waals surface area contributed by atoms with Crippen molar-refractivity contribution < 1.29 is 4.39 Å². The fourth-order valence-corrected chi connectivity index (χ4v) is 3.82. The van der Waals surface area contributed by atoms with Crippen LogP contribution in [-0.4, -0.2) is 50.8 Å². The minimum atomic E-state index is -0.224. The SMILES string of the molecule is O=c1[nH]c(CN2CCN(c3ccc(F)cc3)CC2)nc2c1cnn2-c1ccccc1. The number of aromatic nitrogens is 4. The van der Waals surface area contributed by atoms with Gasteiger partial charge in [0.2, 0.25) is 0 Å². The summed E-state index contributed by atoms with van der Waals surface area (Å²) >= 11 is 0. The average molecular weight is 404 g/mol. The minimum Gasteiger partial charge on any atom is -0.369 e. The molecule has 1 aliphatic heterocycles. The zero-order valence-corrected chi connectivity index (χ0v) is 16.3. The Kier molecular flexibility index (Phi) is 4.76. The molecule has 0 spiro atoms. The standard InChI is InChI=1S/C22H21FN6O/c23-16-6-8-17(9-7-16)28-12-10-27(11-13-28)15-20-25-21-19(22(30)26-20)14-24-29(21)18-4-2-1-3-5-18/h1-9,14H,10-13,15H2,(H,25,26,30). The van der Waals surface area contributed by atoms with Gasteiger partial charge < -0.3 is 9.88 Å². The topological polar surface area (TPSA) is 70.1 Å². The van der Waals surface area contributed by atoms with Crippen molar-refractivity contribution in [3.05, 3.63) is 82.8 Å². The number of halogens is 1. The number of benzene rings is 2. The van der Waals surface area contributed by atoms with Gasteiger partial charge in [-0.3, -0.25) is 9.69 Å². The van der Waals surface area contributed by atoms with E-state index in [2.05, 4.69) is 19.9 Å². The molecule has 3 heterocycles. The largest absolute Gasteiger partial charge is 0.369 e. The van der Waals surface area contributed by atoms with E-state index in [0.717, 1.165) is 37.6 Å². The number of rotatable bonds is 4. The zero-order valence-electron chi connectivity index (χ0n) is 16.3. The summed E-state index contributed by atoms with van der Waals surface area (Å²) in [6.45, 7) is 3.89. The third-order valence-corrected chi connectivity index (χ3v) is 5.43. The van der Waals surface area contributed by atoms with Gasteiger partial charge in [-0.2, -0.15) is 5.10 Å². The summed E-state index contributed by atoms with van der Waals surface area (Å²) in [6.07, 6.45) is 1.55. The first kappa shape index (κ1) is 18.5. The molecular weight excluding hydrogens is 383 g/mol. The second-order valence-corrected chi connectivity index (χ2v) is 7.38. The molecule has 4 aromatic rings. The fourth-order valence-electron chi connectivity index (χ4n) is 3.82.